The van der Waals surface area contributed by atoms with Crippen molar-refractivity contribution in [1.29, 1.82) is 0 Å². The lowest BCUT2D eigenvalue weighted by molar-refractivity contribution is 0.834. The Morgan fingerprint density at radius 3 is 2.05 bits per heavy atom. The van der Waals surface area contributed by atoms with Crippen LogP contribution in [0.2, 0.25) is 0 Å². The third-order valence-corrected chi connectivity index (χ3v) is 12.3. The molecule has 7 aromatic rings. The molecule has 2 aliphatic heterocycles. The van der Waals surface area contributed by atoms with Crippen molar-refractivity contribution in [3.05, 3.63) is 191 Å². The van der Waals surface area contributed by atoms with E-state index in [9.17, 15) is 0 Å². The van der Waals surface area contributed by atoms with Gasteiger partial charge in [0.05, 0.1) is 22.6 Å². The minimum atomic E-state index is 0.169. The summed E-state index contributed by atoms with van der Waals surface area (Å²) in [5.41, 5.74) is 15.6. The molecule has 5 aromatic carbocycles. The molecule has 276 valence electrons. The fourth-order valence-electron chi connectivity index (χ4n) is 9.66. The number of benzene rings is 5. The summed E-state index contributed by atoms with van der Waals surface area (Å²) in [4.78, 5) is 17.9. The molecule has 58 heavy (non-hydrogen) atoms. The van der Waals surface area contributed by atoms with Crippen LogP contribution in [-0.4, -0.2) is 25.6 Å². The molecule has 0 saturated carbocycles. The maximum atomic E-state index is 5.14. The zero-order valence-corrected chi connectivity index (χ0v) is 32.0. The molecule has 4 heterocycles. The van der Waals surface area contributed by atoms with Crippen molar-refractivity contribution in [3.63, 3.8) is 0 Å². The Hall–Kier alpha value is -7.11. The van der Waals surface area contributed by atoms with Crippen molar-refractivity contribution in [3.8, 4) is 39.6 Å². The van der Waals surface area contributed by atoms with Gasteiger partial charge in [0.2, 0.25) is 0 Å². The number of allylic oxidation sites excluding steroid dienone is 8. The first-order chi connectivity index (χ1) is 28.8. The summed E-state index contributed by atoms with van der Waals surface area (Å²) < 4.78 is 2.50. The van der Waals surface area contributed by atoms with Gasteiger partial charge >= 0.3 is 0 Å². The summed E-state index contributed by atoms with van der Waals surface area (Å²) >= 11 is 0. The quantitative estimate of drug-likeness (QED) is 0.176. The molecule has 5 nitrogen and oxygen atoms in total. The normalized spacial score (nSPS) is 17.4. The molecule has 5 heteroatoms. The van der Waals surface area contributed by atoms with Crippen LogP contribution in [0.15, 0.2) is 164 Å². The molecule has 1 unspecified atom stereocenters. The van der Waals surface area contributed by atoms with Gasteiger partial charge in [-0.25, -0.2) is 15.0 Å². The molecular weight excluding hydrogens is 707 g/mol. The number of hydrogen-bond donors (Lipinski definition) is 0. The van der Waals surface area contributed by atoms with Crippen molar-refractivity contribution in [2.24, 2.45) is 0 Å². The highest BCUT2D eigenvalue weighted by molar-refractivity contribution is 6.06. The predicted molar refractivity (Wildman–Crippen MR) is 238 cm³/mol. The Morgan fingerprint density at radius 2 is 1.24 bits per heavy atom. The van der Waals surface area contributed by atoms with Crippen LogP contribution in [0.4, 0.5) is 5.69 Å². The molecule has 0 spiro atoms. The van der Waals surface area contributed by atoms with Crippen LogP contribution in [0.5, 0.6) is 0 Å². The molecule has 0 N–H and O–H groups in total. The van der Waals surface area contributed by atoms with Crippen LogP contribution in [0, 0.1) is 0 Å². The number of aromatic nitrogens is 4. The average Bonchev–Trinajstić information content (AvgIpc) is 3.86. The molecule has 2 aromatic heterocycles. The van der Waals surface area contributed by atoms with Gasteiger partial charge in [0.1, 0.15) is 0 Å². The maximum Gasteiger partial charge on any atom is 0.164 e. The summed E-state index contributed by atoms with van der Waals surface area (Å²) in [6.07, 6.45) is 23.6. The molecular formula is C53H39N5. The van der Waals surface area contributed by atoms with E-state index >= 15 is 0 Å². The van der Waals surface area contributed by atoms with E-state index in [4.69, 9.17) is 15.0 Å². The summed E-state index contributed by atoms with van der Waals surface area (Å²) in [6.45, 7) is 0. The molecule has 0 radical (unpaired) electrons. The standard InChI is InChI=1S/C53H39N5/c1-4-15-34(16-5-1)37-27-29-47-44(32-37)43-28-30-48-45(33-49-42-25-11-10-23-40(42)41-24-12-13-26-46(41)58(48)49)50(43)57(47)39-22-14-21-38(31-39)53-55-51(35-17-6-2-7-18-35)54-52(56-53)36-19-8-3-9-20-36/h2,4,6-8,10-29,31-33,48H,1,3,5,9,30H2. The lowest BCUT2D eigenvalue weighted by atomic mass is 9.91. The van der Waals surface area contributed by atoms with E-state index in [2.05, 4.69) is 161 Å². The van der Waals surface area contributed by atoms with Crippen molar-refractivity contribution in [1.82, 2.24) is 19.5 Å². The van der Waals surface area contributed by atoms with E-state index in [-0.39, 0.29) is 6.04 Å². The number of fused-ring (bicyclic) bond motifs is 11. The summed E-state index contributed by atoms with van der Waals surface area (Å²) in [6, 6.07) is 44.0. The second-order valence-electron chi connectivity index (χ2n) is 15.7. The van der Waals surface area contributed by atoms with Crippen LogP contribution in [-0.2, 0) is 0 Å². The van der Waals surface area contributed by atoms with Gasteiger partial charge in [0, 0.05) is 55.4 Å². The number of hydrogen-bond acceptors (Lipinski definition) is 4. The van der Waals surface area contributed by atoms with Gasteiger partial charge in [-0.05, 0) is 85.2 Å². The van der Waals surface area contributed by atoms with Gasteiger partial charge in [0.15, 0.2) is 17.5 Å². The summed E-state index contributed by atoms with van der Waals surface area (Å²) in [5, 5.41) is 3.83. The van der Waals surface area contributed by atoms with Crippen LogP contribution >= 0.6 is 0 Å². The van der Waals surface area contributed by atoms with Crippen LogP contribution in [0.1, 0.15) is 49.1 Å². The van der Waals surface area contributed by atoms with Gasteiger partial charge in [-0.3, -0.25) is 0 Å². The summed E-state index contributed by atoms with van der Waals surface area (Å²) in [7, 11) is 0. The first kappa shape index (κ1) is 33.1. The van der Waals surface area contributed by atoms with E-state index in [1.807, 2.05) is 18.2 Å². The van der Waals surface area contributed by atoms with Crippen molar-refractivity contribution >= 4 is 45.1 Å². The maximum absolute atomic E-state index is 5.14. The predicted octanol–water partition coefficient (Wildman–Crippen LogP) is 10.9. The minimum absolute atomic E-state index is 0.169. The first-order valence-corrected chi connectivity index (χ1v) is 20.5. The Balaban J connectivity index is 1.10. The van der Waals surface area contributed by atoms with Gasteiger partial charge in [-0.15, -0.1) is 0 Å². The van der Waals surface area contributed by atoms with Crippen molar-refractivity contribution < 1.29 is 0 Å². The molecule has 0 amide bonds. The number of nitrogens with zero attached hydrogens (tertiary/aromatic N) is 5. The van der Waals surface area contributed by atoms with Gasteiger partial charge in [-0.2, -0.15) is 0 Å². The van der Waals surface area contributed by atoms with Gasteiger partial charge < -0.3 is 9.47 Å². The number of para-hydroxylation sites is 1. The molecule has 0 saturated heterocycles. The van der Waals surface area contributed by atoms with Gasteiger partial charge in [0.25, 0.3) is 0 Å². The second-order valence-corrected chi connectivity index (χ2v) is 15.7. The molecule has 5 aliphatic rings. The molecule has 3 aliphatic carbocycles. The van der Waals surface area contributed by atoms with E-state index in [1.165, 1.54) is 66.3 Å². The number of anilines is 1. The van der Waals surface area contributed by atoms with E-state index in [0.717, 1.165) is 54.5 Å². The highest BCUT2D eigenvalue weighted by atomic mass is 15.2. The lowest BCUT2D eigenvalue weighted by Gasteiger charge is -2.36. The largest absolute Gasteiger partial charge is 0.332 e. The topological polar surface area (TPSA) is 46.8 Å². The number of rotatable bonds is 5. The minimum Gasteiger partial charge on any atom is -0.332 e. The molecule has 0 fully saturated rings. The van der Waals surface area contributed by atoms with E-state index in [1.54, 1.807) is 0 Å². The summed E-state index contributed by atoms with van der Waals surface area (Å²) in [5.74, 6) is 2.05. The zero-order chi connectivity index (χ0) is 38.2. The first-order valence-electron chi connectivity index (χ1n) is 20.5. The third-order valence-electron chi connectivity index (χ3n) is 12.3. The molecule has 0 bridgehead atoms. The van der Waals surface area contributed by atoms with Crippen molar-refractivity contribution in [2.75, 3.05) is 4.90 Å². The molecule has 1 atom stereocenters. The fraction of sp³-hybridized carbons (Fsp3) is 0.113. The zero-order valence-electron chi connectivity index (χ0n) is 32.0. The fourth-order valence-corrected chi connectivity index (χ4v) is 9.66. The Labute approximate surface area is 337 Å². The van der Waals surface area contributed by atoms with Crippen molar-refractivity contribution in [2.45, 2.75) is 38.1 Å². The lowest BCUT2D eigenvalue weighted by Crippen LogP contribution is -2.41. The Kier molecular flexibility index (Phi) is 7.55. The van der Waals surface area contributed by atoms with E-state index in [0.29, 0.717) is 17.5 Å². The Bertz CT molecular complexity index is 3160. The van der Waals surface area contributed by atoms with Crippen LogP contribution < -0.4 is 15.5 Å². The van der Waals surface area contributed by atoms with Crippen LogP contribution in [0.3, 0.4) is 0 Å². The Morgan fingerprint density at radius 1 is 0.534 bits per heavy atom. The average molecular weight is 746 g/mol. The third kappa shape index (κ3) is 5.20. The second kappa shape index (κ2) is 13.2. The highest BCUT2D eigenvalue weighted by Gasteiger charge is 2.39. The molecule has 12 rings (SSSR count). The van der Waals surface area contributed by atoms with Gasteiger partial charge in [-0.1, -0.05) is 134 Å². The smallest absolute Gasteiger partial charge is 0.164 e. The monoisotopic (exact) mass is 745 g/mol. The highest BCUT2D eigenvalue weighted by Crippen LogP contribution is 2.50. The van der Waals surface area contributed by atoms with E-state index < -0.39 is 0 Å². The van der Waals surface area contributed by atoms with Crippen LogP contribution in [0.25, 0.3) is 79.0 Å². The SMILES string of the molecule is C1=CC(c2ccc3c(c2)c2c(n3-c3cccc(-c4nc(C5=CCCC=C5)nc(-c5ccccc5)n4)c3)=C3C=C4c5ccccc5-c5ccccc5N4C3CC=2)=CCC1.